The Balaban J connectivity index is 3.57. The standard InChI is InChI=1S/C13H29NO/c1-5-8-11(4)9-14-10-13(15)12(6-2)7-3/h11-15H,5-10H2,1-4H3. The SMILES string of the molecule is CCCC(C)CNCC(O)C(CC)CC. The van der Waals surface area contributed by atoms with E-state index in [4.69, 9.17) is 0 Å². The molecule has 0 aromatic heterocycles. The van der Waals surface area contributed by atoms with Gasteiger partial charge in [-0.3, -0.25) is 0 Å². The van der Waals surface area contributed by atoms with Crippen molar-refractivity contribution >= 4 is 0 Å². The summed E-state index contributed by atoms with van der Waals surface area (Å²) in [6.07, 6.45) is 4.49. The molecule has 2 nitrogen and oxygen atoms in total. The van der Waals surface area contributed by atoms with Crippen molar-refractivity contribution in [2.75, 3.05) is 13.1 Å². The predicted octanol–water partition coefficient (Wildman–Crippen LogP) is 2.81. The van der Waals surface area contributed by atoms with Gasteiger partial charge in [0.05, 0.1) is 6.10 Å². The fourth-order valence-corrected chi connectivity index (χ4v) is 2.07. The molecule has 0 aliphatic carbocycles. The van der Waals surface area contributed by atoms with Gasteiger partial charge in [-0.05, 0) is 24.8 Å². The quantitative estimate of drug-likeness (QED) is 0.620. The Kier molecular flexibility index (Phi) is 9.12. The summed E-state index contributed by atoms with van der Waals surface area (Å²) in [5, 5.41) is 13.3. The van der Waals surface area contributed by atoms with E-state index in [1.165, 1.54) is 12.8 Å². The van der Waals surface area contributed by atoms with E-state index < -0.39 is 0 Å². The summed E-state index contributed by atoms with van der Waals surface area (Å²) in [5.41, 5.74) is 0. The summed E-state index contributed by atoms with van der Waals surface area (Å²) in [4.78, 5) is 0. The molecule has 0 aliphatic rings. The van der Waals surface area contributed by atoms with Gasteiger partial charge in [0.1, 0.15) is 0 Å². The van der Waals surface area contributed by atoms with Crippen LogP contribution in [0, 0.1) is 11.8 Å². The van der Waals surface area contributed by atoms with E-state index in [-0.39, 0.29) is 6.10 Å². The van der Waals surface area contributed by atoms with Crippen molar-refractivity contribution in [1.82, 2.24) is 5.32 Å². The highest BCUT2D eigenvalue weighted by atomic mass is 16.3. The lowest BCUT2D eigenvalue weighted by Gasteiger charge is -2.21. The zero-order chi connectivity index (χ0) is 11.7. The van der Waals surface area contributed by atoms with Crippen molar-refractivity contribution in [3.63, 3.8) is 0 Å². The van der Waals surface area contributed by atoms with Gasteiger partial charge in [-0.25, -0.2) is 0 Å². The van der Waals surface area contributed by atoms with Gasteiger partial charge in [-0.15, -0.1) is 0 Å². The highest BCUT2D eigenvalue weighted by molar-refractivity contribution is 4.69. The molecule has 0 radical (unpaired) electrons. The molecule has 2 atom stereocenters. The van der Waals surface area contributed by atoms with Gasteiger partial charge < -0.3 is 10.4 Å². The van der Waals surface area contributed by atoms with E-state index in [2.05, 4.69) is 33.0 Å². The minimum Gasteiger partial charge on any atom is -0.392 e. The van der Waals surface area contributed by atoms with Crippen LogP contribution in [0.5, 0.6) is 0 Å². The van der Waals surface area contributed by atoms with Crippen molar-refractivity contribution in [1.29, 1.82) is 0 Å². The van der Waals surface area contributed by atoms with Gasteiger partial charge in [0.2, 0.25) is 0 Å². The highest BCUT2D eigenvalue weighted by Crippen LogP contribution is 2.12. The Hall–Kier alpha value is -0.0800. The molecule has 92 valence electrons. The van der Waals surface area contributed by atoms with Crippen molar-refractivity contribution in [3.8, 4) is 0 Å². The molecule has 0 saturated heterocycles. The lowest BCUT2D eigenvalue weighted by molar-refractivity contribution is 0.100. The summed E-state index contributed by atoms with van der Waals surface area (Å²) in [6, 6.07) is 0. The van der Waals surface area contributed by atoms with Gasteiger partial charge in [-0.1, -0.05) is 47.0 Å². The van der Waals surface area contributed by atoms with Crippen LogP contribution in [-0.2, 0) is 0 Å². The van der Waals surface area contributed by atoms with Crippen molar-refractivity contribution in [2.45, 2.75) is 59.5 Å². The molecule has 0 rings (SSSR count). The summed E-state index contributed by atoms with van der Waals surface area (Å²) < 4.78 is 0. The molecule has 0 fully saturated rings. The first-order valence-electron chi connectivity index (χ1n) is 6.54. The molecule has 0 saturated carbocycles. The zero-order valence-electron chi connectivity index (χ0n) is 10.9. The smallest absolute Gasteiger partial charge is 0.0692 e. The minimum absolute atomic E-state index is 0.172. The highest BCUT2D eigenvalue weighted by Gasteiger charge is 2.14. The number of hydrogen-bond donors (Lipinski definition) is 2. The summed E-state index contributed by atoms with van der Waals surface area (Å²) in [6.45, 7) is 10.6. The maximum absolute atomic E-state index is 9.89. The maximum atomic E-state index is 9.89. The third-order valence-corrected chi connectivity index (χ3v) is 3.22. The Morgan fingerprint density at radius 3 is 2.13 bits per heavy atom. The second-order valence-corrected chi connectivity index (χ2v) is 4.70. The molecule has 0 amide bonds. The fourth-order valence-electron chi connectivity index (χ4n) is 2.07. The molecule has 0 aromatic rings. The van der Waals surface area contributed by atoms with Gasteiger partial charge in [0.15, 0.2) is 0 Å². The first kappa shape index (κ1) is 14.9. The number of hydrogen-bond acceptors (Lipinski definition) is 2. The van der Waals surface area contributed by atoms with Gasteiger partial charge in [0, 0.05) is 6.54 Å². The van der Waals surface area contributed by atoms with Crippen molar-refractivity contribution in [3.05, 3.63) is 0 Å². The second kappa shape index (κ2) is 9.17. The molecule has 0 aliphatic heterocycles. The lowest BCUT2D eigenvalue weighted by Crippen LogP contribution is -2.34. The summed E-state index contributed by atoms with van der Waals surface area (Å²) in [5.74, 6) is 1.18. The first-order valence-corrected chi connectivity index (χ1v) is 6.54. The number of aliphatic hydroxyl groups is 1. The molecular formula is C13H29NO. The molecule has 0 heterocycles. The van der Waals surface area contributed by atoms with E-state index in [9.17, 15) is 5.11 Å². The molecular weight excluding hydrogens is 186 g/mol. The average molecular weight is 215 g/mol. The molecule has 2 unspecified atom stereocenters. The monoisotopic (exact) mass is 215 g/mol. The van der Waals surface area contributed by atoms with E-state index in [0.717, 1.165) is 31.8 Å². The normalized spacial score (nSPS) is 15.6. The second-order valence-electron chi connectivity index (χ2n) is 4.70. The topological polar surface area (TPSA) is 32.3 Å². The number of nitrogens with one attached hydrogen (secondary N) is 1. The summed E-state index contributed by atoms with van der Waals surface area (Å²) in [7, 11) is 0. The van der Waals surface area contributed by atoms with Crippen molar-refractivity contribution in [2.24, 2.45) is 11.8 Å². The third-order valence-electron chi connectivity index (χ3n) is 3.22. The average Bonchev–Trinajstić information content (AvgIpc) is 2.20. The van der Waals surface area contributed by atoms with E-state index in [1.807, 2.05) is 0 Å². The molecule has 2 N–H and O–H groups in total. The minimum atomic E-state index is -0.172. The van der Waals surface area contributed by atoms with Crippen LogP contribution in [0.4, 0.5) is 0 Å². The zero-order valence-corrected chi connectivity index (χ0v) is 10.9. The molecule has 0 bridgehead atoms. The van der Waals surface area contributed by atoms with Crippen molar-refractivity contribution < 1.29 is 5.11 Å². The van der Waals surface area contributed by atoms with Crippen LogP contribution in [-0.4, -0.2) is 24.3 Å². The Labute approximate surface area is 95.5 Å². The van der Waals surface area contributed by atoms with Crippen LogP contribution in [0.2, 0.25) is 0 Å². The largest absolute Gasteiger partial charge is 0.392 e. The molecule has 15 heavy (non-hydrogen) atoms. The van der Waals surface area contributed by atoms with E-state index >= 15 is 0 Å². The molecule has 0 spiro atoms. The fraction of sp³-hybridized carbons (Fsp3) is 1.00. The number of aliphatic hydroxyl groups excluding tert-OH is 1. The maximum Gasteiger partial charge on any atom is 0.0692 e. The lowest BCUT2D eigenvalue weighted by atomic mass is 9.96. The van der Waals surface area contributed by atoms with Crippen LogP contribution in [0.3, 0.4) is 0 Å². The number of rotatable bonds is 9. The van der Waals surface area contributed by atoms with Gasteiger partial charge in [0.25, 0.3) is 0 Å². The first-order chi connectivity index (χ1) is 7.15. The Bertz CT molecular complexity index is 134. The van der Waals surface area contributed by atoms with Crippen LogP contribution in [0.1, 0.15) is 53.4 Å². The Morgan fingerprint density at radius 1 is 1.07 bits per heavy atom. The van der Waals surface area contributed by atoms with Crippen LogP contribution in [0.15, 0.2) is 0 Å². The molecule has 0 aromatic carbocycles. The third kappa shape index (κ3) is 6.91. The van der Waals surface area contributed by atoms with Gasteiger partial charge >= 0.3 is 0 Å². The Morgan fingerprint density at radius 2 is 1.67 bits per heavy atom. The van der Waals surface area contributed by atoms with Gasteiger partial charge in [-0.2, -0.15) is 0 Å². The van der Waals surface area contributed by atoms with Crippen LogP contribution in [0.25, 0.3) is 0 Å². The van der Waals surface area contributed by atoms with Crippen LogP contribution < -0.4 is 5.32 Å². The summed E-state index contributed by atoms with van der Waals surface area (Å²) >= 11 is 0. The van der Waals surface area contributed by atoms with E-state index in [0.29, 0.717) is 5.92 Å². The van der Waals surface area contributed by atoms with E-state index in [1.54, 1.807) is 0 Å². The predicted molar refractivity (Wildman–Crippen MR) is 67.0 cm³/mol. The van der Waals surface area contributed by atoms with Crippen LogP contribution >= 0.6 is 0 Å². The molecule has 2 heteroatoms.